The van der Waals surface area contributed by atoms with Gasteiger partial charge < -0.3 is 9.51 Å². The number of pyridine rings is 1. The second-order valence-corrected chi connectivity index (χ2v) is 4.45. The molecule has 20 heavy (non-hydrogen) atoms. The topological polar surface area (TPSA) is 79.5 Å². The van der Waals surface area contributed by atoms with Gasteiger partial charge in [-0.3, -0.25) is 10.3 Å². The van der Waals surface area contributed by atoms with Crippen molar-refractivity contribution in [2.24, 2.45) is 0 Å². The van der Waals surface area contributed by atoms with Crippen LogP contribution in [0.5, 0.6) is 0 Å². The number of hydrogen-bond acceptors (Lipinski definition) is 3. The summed E-state index contributed by atoms with van der Waals surface area (Å²) in [7, 11) is 0. The molecule has 0 saturated carbocycles. The first-order chi connectivity index (χ1) is 9.61. The number of aromatic nitrogens is 3. The van der Waals surface area contributed by atoms with E-state index in [4.69, 9.17) is 5.11 Å². The number of fused-ring (bicyclic) bond motifs is 1. The molecular formula is C14H12N4O2. The minimum Gasteiger partial charge on any atom is -0.465 e. The fourth-order valence-corrected chi connectivity index (χ4v) is 2.07. The smallest absolute Gasteiger partial charge is 0.410 e. The highest BCUT2D eigenvalue weighted by Gasteiger charge is 2.05. The molecule has 0 atom stereocenters. The van der Waals surface area contributed by atoms with Crippen molar-refractivity contribution in [3.8, 4) is 11.1 Å². The molecule has 0 aliphatic carbocycles. The van der Waals surface area contributed by atoms with Crippen molar-refractivity contribution in [2.45, 2.75) is 6.92 Å². The van der Waals surface area contributed by atoms with E-state index in [1.807, 2.05) is 35.7 Å². The lowest BCUT2D eigenvalue weighted by atomic mass is 10.1. The Morgan fingerprint density at radius 3 is 2.85 bits per heavy atom. The summed E-state index contributed by atoms with van der Waals surface area (Å²) in [5.74, 6) is 0.306. The third kappa shape index (κ3) is 2.31. The standard InChI is InChI=1S/C14H12N4O2/c1-9-4-10(2-3-15-9)11-5-12-6-13(17-14(19)20)16-8-18(12)7-11/h2-8,17H,1H3,(H,19,20). The lowest BCUT2D eigenvalue weighted by Crippen LogP contribution is -2.08. The van der Waals surface area contributed by atoms with E-state index in [0.29, 0.717) is 5.82 Å². The molecule has 3 aromatic heterocycles. The molecule has 3 heterocycles. The number of aryl methyl sites for hydroxylation is 1. The van der Waals surface area contributed by atoms with Crippen molar-refractivity contribution < 1.29 is 9.90 Å². The maximum absolute atomic E-state index is 10.6. The molecule has 0 aliphatic rings. The Kier molecular flexibility index (Phi) is 2.83. The van der Waals surface area contributed by atoms with Gasteiger partial charge in [0.15, 0.2) is 0 Å². The van der Waals surface area contributed by atoms with Crippen LogP contribution in [0.2, 0.25) is 0 Å². The van der Waals surface area contributed by atoms with Crippen LogP contribution >= 0.6 is 0 Å². The van der Waals surface area contributed by atoms with E-state index in [-0.39, 0.29) is 0 Å². The Labute approximate surface area is 114 Å². The number of rotatable bonds is 2. The molecule has 6 nitrogen and oxygen atoms in total. The fourth-order valence-electron chi connectivity index (χ4n) is 2.07. The van der Waals surface area contributed by atoms with Gasteiger partial charge in [0.1, 0.15) is 12.1 Å². The Hall–Kier alpha value is -2.89. The summed E-state index contributed by atoms with van der Waals surface area (Å²) < 4.78 is 1.85. The number of nitrogens with one attached hydrogen (secondary N) is 1. The molecule has 6 heteroatoms. The third-order valence-electron chi connectivity index (χ3n) is 2.95. The largest absolute Gasteiger partial charge is 0.465 e. The average molecular weight is 268 g/mol. The maximum Gasteiger partial charge on any atom is 0.410 e. The maximum atomic E-state index is 10.6. The summed E-state index contributed by atoms with van der Waals surface area (Å²) in [6, 6.07) is 7.60. The molecule has 0 fully saturated rings. The molecule has 1 amide bonds. The van der Waals surface area contributed by atoms with Gasteiger partial charge in [0.05, 0.1) is 5.52 Å². The lowest BCUT2D eigenvalue weighted by molar-refractivity contribution is 0.209. The van der Waals surface area contributed by atoms with Crippen molar-refractivity contribution in [1.29, 1.82) is 0 Å². The Bertz CT molecular complexity index is 795. The quantitative estimate of drug-likeness (QED) is 0.749. The average Bonchev–Trinajstić information content (AvgIpc) is 2.81. The summed E-state index contributed by atoms with van der Waals surface area (Å²) in [6.07, 6.45) is 4.17. The zero-order valence-electron chi connectivity index (χ0n) is 10.7. The first kappa shape index (κ1) is 12.2. The predicted octanol–water partition coefficient (Wildman–Crippen LogP) is 2.79. The van der Waals surface area contributed by atoms with Crippen LogP contribution in [0.4, 0.5) is 10.6 Å². The van der Waals surface area contributed by atoms with Gasteiger partial charge in [-0.2, -0.15) is 0 Å². The van der Waals surface area contributed by atoms with E-state index >= 15 is 0 Å². The van der Waals surface area contributed by atoms with E-state index in [2.05, 4.69) is 15.3 Å². The lowest BCUT2D eigenvalue weighted by Gasteiger charge is -1.99. The number of nitrogens with zero attached hydrogens (tertiary/aromatic N) is 3. The van der Waals surface area contributed by atoms with Crippen LogP contribution in [-0.2, 0) is 0 Å². The van der Waals surface area contributed by atoms with E-state index in [1.54, 1.807) is 18.6 Å². The van der Waals surface area contributed by atoms with Crippen LogP contribution in [-0.4, -0.2) is 25.6 Å². The van der Waals surface area contributed by atoms with Crippen LogP contribution in [0.15, 0.2) is 43.0 Å². The molecule has 2 N–H and O–H groups in total. The summed E-state index contributed by atoms with van der Waals surface area (Å²) in [4.78, 5) is 18.8. The summed E-state index contributed by atoms with van der Waals surface area (Å²) in [5.41, 5.74) is 3.91. The molecule has 0 aromatic carbocycles. The van der Waals surface area contributed by atoms with Gasteiger partial charge in [0.2, 0.25) is 0 Å². The Morgan fingerprint density at radius 1 is 1.25 bits per heavy atom. The first-order valence-corrected chi connectivity index (χ1v) is 6.02. The van der Waals surface area contributed by atoms with Crippen molar-refractivity contribution in [3.63, 3.8) is 0 Å². The number of hydrogen-bond donors (Lipinski definition) is 2. The highest BCUT2D eigenvalue weighted by molar-refractivity contribution is 5.83. The van der Waals surface area contributed by atoms with E-state index in [9.17, 15) is 4.79 Å². The van der Waals surface area contributed by atoms with Crippen LogP contribution < -0.4 is 5.32 Å². The van der Waals surface area contributed by atoms with Gasteiger partial charge in [0.25, 0.3) is 0 Å². The Morgan fingerprint density at radius 2 is 2.10 bits per heavy atom. The second kappa shape index (κ2) is 4.65. The highest BCUT2D eigenvalue weighted by atomic mass is 16.4. The molecular weight excluding hydrogens is 256 g/mol. The van der Waals surface area contributed by atoms with Crippen molar-refractivity contribution in [1.82, 2.24) is 14.4 Å². The van der Waals surface area contributed by atoms with Gasteiger partial charge in [-0.1, -0.05) is 0 Å². The van der Waals surface area contributed by atoms with Gasteiger partial charge in [-0.05, 0) is 30.7 Å². The number of anilines is 1. The van der Waals surface area contributed by atoms with Crippen molar-refractivity contribution in [2.75, 3.05) is 5.32 Å². The van der Waals surface area contributed by atoms with Crippen LogP contribution in [0.3, 0.4) is 0 Å². The minimum absolute atomic E-state index is 0.306. The van der Waals surface area contributed by atoms with Crippen LogP contribution in [0.25, 0.3) is 16.6 Å². The molecule has 0 radical (unpaired) electrons. The van der Waals surface area contributed by atoms with E-state index in [1.165, 1.54) is 0 Å². The number of carboxylic acid groups (broad SMARTS) is 1. The normalized spacial score (nSPS) is 10.7. The van der Waals surface area contributed by atoms with Crippen molar-refractivity contribution >= 4 is 17.4 Å². The monoisotopic (exact) mass is 268 g/mol. The van der Waals surface area contributed by atoms with Gasteiger partial charge in [-0.25, -0.2) is 9.78 Å². The predicted molar refractivity (Wildman–Crippen MR) is 74.8 cm³/mol. The van der Waals surface area contributed by atoms with Gasteiger partial charge >= 0.3 is 6.09 Å². The molecule has 100 valence electrons. The summed E-state index contributed by atoms with van der Waals surface area (Å²) >= 11 is 0. The number of amides is 1. The Balaban J connectivity index is 2.04. The molecule has 3 rings (SSSR count). The molecule has 0 unspecified atom stereocenters. The summed E-state index contributed by atoms with van der Waals surface area (Å²) in [5, 5.41) is 10.9. The molecule has 0 bridgehead atoms. The van der Waals surface area contributed by atoms with Crippen molar-refractivity contribution in [3.05, 3.63) is 48.7 Å². The van der Waals surface area contributed by atoms with Crippen LogP contribution in [0, 0.1) is 6.92 Å². The van der Waals surface area contributed by atoms with E-state index in [0.717, 1.165) is 22.3 Å². The third-order valence-corrected chi connectivity index (χ3v) is 2.95. The molecule has 0 spiro atoms. The van der Waals surface area contributed by atoms with Gasteiger partial charge in [-0.15, -0.1) is 0 Å². The fraction of sp³-hybridized carbons (Fsp3) is 0.0714. The zero-order chi connectivity index (χ0) is 14.1. The SMILES string of the molecule is Cc1cc(-c2cc3cc(NC(=O)O)ncn3c2)ccn1. The van der Waals surface area contributed by atoms with Crippen LogP contribution in [0.1, 0.15) is 5.69 Å². The summed E-state index contributed by atoms with van der Waals surface area (Å²) in [6.45, 7) is 1.94. The number of carbonyl (C=O) groups is 1. The zero-order valence-corrected chi connectivity index (χ0v) is 10.7. The molecule has 3 aromatic rings. The highest BCUT2D eigenvalue weighted by Crippen LogP contribution is 2.23. The minimum atomic E-state index is -1.13. The first-order valence-electron chi connectivity index (χ1n) is 6.02. The molecule has 0 saturated heterocycles. The second-order valence-electron chi connectivity index (χ2n) is 4.45. The molecule has 0 aliphatic heterocycles. The van der Waals surface area contributed by atoms with Gasteiger partial charge in [0, 0.05) is 29.7 Å². The van der Waals surface area contributed by atoms with E-state index < -0.39 is 6.09 Å².